The van der Waals surface area contributed by atoms with Crippen LogP contribution in [0.5, 0.6) is 0 Å². The molecule has 1 aromatic heterocycles. The molecule has 1 heterocycles. The molecular formula is C23H21N2+. The number of nitrogens with zero attached hydrogens (tertiary/aromatic N) is 2. The summed E-state index contributed by atoms with van der Waals surface area (Å²) in [6.07, 6.45) is 4.25. The van der Waals surface area contributed by atoms with Crippen LogP contribution in [0.25, 0.3) is 27.9 Å². The predicted molar refractivity (Wildman–Crippen MR) is 103 cm³/mol. The topological polar surface area (TPSA) is 8.81 Å². The lowest BCUT2D eigenvalue weighted by Crippen LogP contribution is -2.29. The second kappa shape index (κ2) is 6.40. The molecule has 0 aliphatic rings. The van der Waals surface area contributed by atoms with Crippen molar-refractivity contribution >= 4 is 0 Å². The molecule has 3 aromatic carbocycles. The maximum Gasteiger partial charge on any atom is 0.258 e. The van der Waals surface area contributed by atoms with E-state index in [1.807, 2.05) is 0 Å². The summed E-state index contributed by atoms with van der Waals surface area (Å²) < 4.78 is 4.43. The first-order valence-electron chi connectivity index (χ1n) is 8.53. The Morgan fingerprint density at radius 2 is 1.20 bits per heavy atom. The summed E-state index contributed by atoms with van der Waals surface area (Å²) in [5, 5.41) is 0. The Kier molecular flexibility index (Phi) is 3.95. The molecule has 0 saturated carbocycles. The van der Waals surface area contributed by atoms with Crippen LogP contribution in [0.4, 0.5) is 0 Å². The van der Waals surface area contributed by atoms with Gasteiger partial charge in [0.25, 0.3) is 5.82 Å². The van der Waals surface area contributed by atoms with Crippen molar-refractivity contribution < 1.29 is 4.57 Å². The van der Waals surface area contributed by atoms with E-state index in [1.54, 1.807) is 0 Å². The zero-order valence-electron chi connectivity index (χ0n) is 14.6. The van der Waals surface area contributed by atoms with Gasteiger partial charge >= 0.3 is 0 Å². The summed E-state index contributed by atoms with van der Waals surface area (Å²) in [5.74, 6) is 1.19. The second-order valence-electron chi connectivity index (χ2n) is 6.26. The van der Waals surface area contributed by atoms with Crippen molar-refractivity contribution in [2.75, 3.05) is 0 Å². The summed E-state index contributed by atoms with van der Waals surface area (Å²) in [4.78, 5) is 0. The molecule has 0 saturated heterocycles. The molecule has 0 amide bonds. The zero-order valence-corrected chi connectivity index (χ0v) is 14.6. The third-order valence-electron chi connectivity index (χ3n) is 4.74. The number of para-hydroxylation sites is 1. The van der Waals surface area contributed by atoms with Crippen LogP contribution < -0.4 is 4.57 Å². The van der Waals surface area contributed by atoms with Gasteiger partial charge in [0.1, 0.15) is 18.1 Å². The molecule has 2 nitrogen and oxygen atoms in total. The van der Waals surface area contributed by atoms with Gasteiger partial charge in [-0.15, -0.1) is 0 Å². The minimum atomic E-state index is 1.19. The largest absolute Gasteiger partial charge is 0.258 e. The van der Waals surface area contributed by atoms with E-state index in [0.29, 0.717) is 0 Å². The van der Waals surface area contributed by atoms with Gasteiger partial charge in [0.2, 0.25) is 0 Å². The Morgan fingerprint density at radius 1 is 0.680 bits per heavy atom. The minimum Gasteiger partial charge on any atom is -0.237 e. The Balaban J connectivity index is 2.05. The van der Waals surface area contributed by atoms with Crippen LogP contribution in [-0.4, -0.2) is 4.57 Å². The molecule has 0 aliphatic heterocycles. The third kappa shape index (κ3) is 2.76. The average Bonchev–Trinajstić information content (AvgIpc) is 3.01. The lowest BCUT2D eigenvalue weighted by Gasteiger charge is -2.13. The van der Waals surface area contributed by atoms with Crippen LogP contribution in [-0.2, 0) is 7.05 Å². The highest BCUT2D eigenvalue weighted by molar-refractivity contribution is 5.85. The van der Waals surface area contributed by atoms with E-state index in [2.05, 4.69) is 114 Å². The van der Waals surface area contributed by atoms with Crippen LogP contribution in [0.3, 0.4) is 0 Å². The van der Waals surface area contributed by atoms with E-state index >= 15 is 0 Å². The Hall–Kier alpha value is -3.13. The van der Waals surface area contributed by atoms with Gasteiger partial charge in [-0.3, -0.25) is 0 Å². The highest BCUT2D eigenvalue weighted by atomic mass is 15.1. The van der Waals surface area contributed by atoms with Gasteiger partial charge in [0, 0.05) is 18.1 Å². The van der Waals surface area contributed by atoms with Gasteiger partial charge in [-0.25, -0.2) is 4.57 Å². The predicted octanol–water partition coefficient (Wildman–Crippen LogP) is 4.94. The molecule has 0 fully saturated rings. The third-order valence-corrected chi connectivity index (χ3v) is 4.74. The van der Waals surface area contributed by atoms with Gasteiger partial charge in [-0.1, -0.05) is 78.9 Å². The van der Waals surface area contributed by atoms with Crippen molar-refractivity contribution in [3.05, 3.63) is 97.1 Å². The number of aryl methyl sites for hydroxylation is 1. The number of aromatic nitrogens is 2. The average molecular weight is 325 g/mol. The number of imidazole rings is 1. The van der Waals surface area contributed by atoms with E-state index in [4.69, 9.17) is 0 Å². The van der Waals surface area contributed by atoms with E-state index in [-0.39, 0.29) is 0 Å². The fourth-order valence-electron chi connectivity index (χ4n) is 3.29. The highest BCUT2D eigenvalue weighted by Crippen LogP contribution is 2.35. The van der Waals surface area contributed by atoms with Crippen LogP contribution >= 0.6 is 0 Å². The Labute approximate surface area is 148 Å². The lowest BCUT2D eigenvalue weighted by molar-refractivity contribution is -0.677. The van der Waals surface area contributed by atoms with Crippen LogP contribution in [0.2, 0.25) is 0 Å². The zero-order chi connectivity index (χ0) is 17.2. The second-order valence-corrected chi connectivity index (χ2v) is 6.26. The quantitative estimate of drug-likeness (QED) is 0.472. The molecule has 0 atom stereocenters. The molecule has 0 aliphatic carbocycles. The normalized spacial score (nSPS) is 10.8. The van der Waals surface area contributed by atoms with Crippen LogP contribution in [0, 0.1) is 6.92 Å². The van der Waals surface area contributed by atoms with Crippen LogP contribution in [0.15, 0.2) is 91.3 Å². The molecule has 0 unspecified atom stereocenters. The minimum absolute atomic E-state index is 1.19. The molecule has 4 aromatic rings. The van der Waals surface area contributed by atoms with Crippen molar-refractivity contribution in [2.45, 2.75) is 6.92 Å². The monoisotopic (exact) mass is 325 g/mol. The molecular weight excluding hydrogens is 304 g/mol. The smallest absolute Gasteiger partial charge is 0.237 e. The first-order valence-corrected chi connectivity index (χ1v) is 8.53. The van der Waals surface area contributed by atoms with Crippen molar-refractivity contribution in [2.24, 2.45) is 7.05 Å². The standard InChI is InChI=1S/C23H21N2/c1-18-24(2)16-17-25(18)23-21(19-10-5-3-6-11-19)14-9-15-22(23)20-12-7-4-8-13-20/h3-17H,1-2H3/q+1. The SMILES string of the molecule is Cc1n(-c2c(-c3ccccc3)cccc2-c2ccccc2)cc[n+]1C. The van der Waals surface area contributed by atoms with Gasteiger partial charge in [-0.2, -0.15) is 4.57 Å². The van der Waals surface area contributed by atoms with E-state index in [9.17, 15) is 0 Å². The molecule has 4 rings (SSSR count). The maximum absolute atomic E-state index is 2.28. The summed E-state index contributed by atoms with van der Waals surface area (Å²) in [5.41, 5.74) is 6.15. The van der Waals surface area contributed by atoms with Gasteiger partial charge in [0.05, 0.1) is 7.05 Å². The van der Waals surface area contributed by atoms with E-state index in [1.165, 1.54) is 33.8 Å². The molecule has 0 spiro atoms. The van der Waals surface area contributed by atoms with Crippen molar-refractivity contribution in [1.82, 2.24) is 4.57 Å². The first kappa shape index (κ1) is 15.4. The fourth-order valence-corrected chi connectivity index (χ4v) is 3.29. The summed E-state index contributed by atoms with van der Waals surface area (Å²) in [7, 11) is 2.08. The number of hydrogen-bond acceptors (Lipinski definition) is 0. The van der Waals surface area contributed by atoms with Gasteiger partial charge < -0.3 is 0 Å². The maximum atomic E-state index is 2.28. The molecule has 0 N–H and O–H groups in total. The number of rotatable bonds is 3. The molecule has 0 bridgehead atoms. The number of hydrogen-bond donors (Lipinski definition) is 0. The van der Waals surface area contributed by atoms with Crippen molar-refractivity contribution in [3.63, 3.8) is 0 Å². The van der Waals surface area contributed by atoms with Crippen molar-refractivity contribution in [1.29, 1.82) is 0 Å². The summed E-state index contributed by atoms with van der Waals surface area (Å²) in [6.45, 7) is 2.15. The Morgan fingerprint density at radius 3 is 1.64 bits per heavy atom. The molecule has 25 heavy (non-hydrogen) atoms. The van der Waals surface area contributed by atoms with Gasteiger partial charge in [0.15, 0.2) is 0 Å². The van der Waals surface area contributed by atoms with E-state index in [0.717, 1.165) is 0 Å². The molecule has 0 radical (unpaired) electrons. The Bertz CT molecular complexity index is 941. The first-order chi connectivity index (χ1) is 12.3. The summed E-state index contributed by atoms with van der Waals surface area (Å²) >= 11 is 0. The lowest BCUT2D eigenvalue weighted by atomic mass is 9.95. The number of benzene rings is 3. The fraction of sp³-hybridized carbons (Fsp3) is 0.0870. The van der Waals surface area contributed by atoms with Crippen molar-refractivity contribution in [3.8, 4) is 27.9 Å². The van der Waals surface area contributed by atoms with Crippen LogP contribution in [0.1, 0.15) is 5.82 Å². The summed E-state index contributed by atoms with van der Waals surface area (Å²) in [6, 6.07) is 27.7. The molecule has 2 heteroatoms. The van der Waals surface area contributed by atoms with Gasteiger partial charge in [-0.05, 0) is 11.1 Å². The van der Waals surface area contributed by atoms with E-state index < -0.39 is 0 Å². The highest BCUT2D eigenvalue weighted by Gasteiger charge is 2.21. The molecule has 122 valence electrons.